The molecule has 1 aliphatic rings. The van der Waals surface area contributed by atoms with Crippen LogP contribution in [0.3, 0.4) is 0 Å². The van der Waals surface area contributed by atoms with Crippen molar-refractivity contribution in [2.45, 2.75) is 32.2 Å². The van der Waals surface area contributed by atoms with Crippen molar-refractivity contribution in [1.82, 2.24) is 9.29 Å². The Bertz CT molecular complexity index is 1140. The van der Waals surface area contributed by atoms with Crippen molar-refractivity contribution in [1.29, 1.82) is 0 Å². The predicted molar refractivity (Wildman–Crippen MR) is 119 cm³/mol. The number of ether oxygens (including phenoxy) is 2. The summed E-state index contributed by atoms with van der Waals surface area (Å²) in [4.78, 5) is 0. The third kappa shape index (κ3) is 4.47. The van der Waals surface area contributed by atoms with Gasteiger partial charge in [0.05, 0.1) is 18.9 Å². The van der Waals surface area contributed by atoms with E-state index in [9.17, 15) is 8.42 Å². The van der Waals surface area contributed by atoms with E-state index in [0.717, 1.165) is 48.0 Å². The Hall–Kier alpha value is -2.51. The van der Waals surface area contributed by atoms with E-state index < -0.39 is 10.0 Å². The quantitative estimate of drug-likeness (QED) is 0.558. The van der Waals surface area contributed by atoms with Crippen LogP contribution in [0.25, 0.3) is 10.9 Å². The van der Waals surface area contributed by atoms with Crippen LogP contribution in [0, 0.1) is 0 Å². The number of rotatable bonds is 8. The summed E-state index contributed by atoms with van der Waals surface area (Å²) in [6.45, 7) is 1.29. The molecule has 7 heteroatoms. The van der Waals surface area contributed by atoms with Crippen molar-refractivity contribution in [3.8, 4) is 11.5 Å². The van der Waals surface area contributed by atoms with Crippen molar-refractivity contribution >= 4 is 20.9 Å². The van der Waals surface area contributed by atoms with Crippen LogP contribution in [0.1, 0.15) is 29.7 Å². The monoisotopic (exact) mass is 428 g/mol. The summed E-state index contributed by atoms with van der Waals surface area (Å²) in [7, 11) is -1.58. The molecule has 0 saturated heterocycles. The Balaban J connectivity index is 1.76. The zero-order chi connectivity index (χ0) is 21.1. The third-order valence-corrected chi connectivity index (χ3v) is 6.28. The highest BCUT2D eigenvalue weighted by Crippen LogP contribution is 2.40. The van der Waals surface area contributed by atoms with E-state index in [-0.39, 0.29) is 13.2 Å². The van der Waals surface area contributed by atoms with Crippen LogP contribution in [0.2, 0.25) is 0 Å². The van der Waals surface area contributed by atoms with E-state index >= 15 is 0 Å². The lowest BCUT2D eigenvalue weighted by Crippen LogP contribution is -2.26. The first-order valence-corrected chi connectivity index (χ1v) is 12.2. The van der Waals surface area contributed by atoms with Crippen LogP contribution < -0.4 is 14.2 Å². The molecule has 1 aromatic heterocycles. The second kappa shape index (κ2) is 8.70. The van der Waals surface area contributed by atoms with Gasteiger partial charge in [0.15, 0.2) is 0 Å². The molecule has 2 aromatic carbocycles. The van der Waals surface area contributed by atoms with Gasteiger partial charge in [-0.3, -0.25) is 0 Å². The highest BCUT2D eigenvalue weighted by atomic mass is 32.2. The van der Waals surface area contributed by atoms with Gasteiger partial charge >= 0.3 is 0 Å². The maximum Gasteiger partial charge on any atom is 0.208 e. The second-order valence-electron chi connectivity index (χ2n) is 7.74. The van der Waals surface area contributed by atoms with Crippen molar-refractivity contribution < 1.29 is 17.9 Å². The normalized spacial score (nSPS) is 13.9. The SMILES string of the molecule is COc1cc(OCCNS(C)(=O)=O)c2c3c(n(Cc4ccccc4)c2c1)CCCC3. The topological polar surface area (TPSA) is 69.6 Å². The van der Waals surface area contributed by atoms with Gasteiger partial charge < -0.3 is 14.0 Å². The molecule has 0 amide bonds. The summed E-state index contributed by atoms with van der Waals surface area (Å²) in [6, 6.07) is 14.5. The lowest BCUT2D eigenvalue weighted by Gasteiger charge is -2.16. The molecule has 0 fully saturated rings. The van der Waals surface area contributed by atoms with Crippen LogP contribution in [-0.2, 0) is 29.4 Å². The fraction of sp³-hybridized carbons (Fsp3) is 0.391. The molecule has 1 heterocycles. The molecule has 0 unspecified atom stereocenters. The maximum absolute atomic E-state index is 11.3. The fourth-order valence-corrected chi connectivity index (χ4v) is 4.71. The highest BCUT2D eigenvalue weighted by Gasteiger charge is 2.24. The lowest BCUT2D eigenvalue weighted by atomic mass is 9.95. The van der Waals surface area contributed by atoms with Crippen LogP contribution in [0.4, 0.5) is 0 Å². The number of methoxy groups -OCH3 is 1. The average Bonchev–Trinajstić information content (AvgIpc) is 3.05. The second-order valence-corrected chi connectivity index (χ2v) is 9.57. The number of hydrogen-bond acceptors (Lipinski definition) is 4. The van der Waals surface area contributed by atoms with Gasteiger partial charge in [0.2, 0.25) is 10.0 Å². The summed E-state index contributed by atoms with van der Waals surface area (Å²) < 4.78 is 39.2. The first kappa shape index (κ1) is 20.8. The standard InChI is InChI=1S/C23H28N2O4S/c1-28-18-14-21-23(22(15-18)29-13-12-24-30(2,26)27)19-10-6-7-11-20(19)25(21)16-17-8-4-3-5-9-17/h3-5,8-9,14-15,24H,6-7,10-13,16H2,1-2H3. The zero-order valence-corrected chi connectivity index (χ0v) is 18.3. The molecular formula is C23H28N2O4S. The van der Waals surface area contributed by atoms with E-state index in [4.69, 9.17) is 9.47 Å². The summed E-state index contributed by atoms with van der Waals surface area (Å²) >= 11 is 0. The van der Waals surface area contributed by atoms with Crippen LogP contribution in [-0.4, -0.2) is 39.5 Å². The number of sulfonamides is 1. The van der Waals surface area contributed by atoms with E-state index in [1.165, 1.54) is 29.7 Å². The minimum atomic E-state index is -3.24. The van der Waals surface area contributed by atoms with Crippen LogP contribution in [0.15, 0.2) is 42.5 Å². The van der Waals surface area contributed by atoms with E-state index in [0.29, 0.717) is 0 Å². The summed E-state index contributed by atoms with van der Waals surface area (Å²) in [5, 5.41) is 1.13. The first-order chi connectivity index (χ1) is 14.5. The maximum atomic E-state index is 11.3. The van der Waals surface area contributed by atoms with Crippen molar-refractivity contribution in [3.05, 3.63) is 59.3 Å². The minimum absolute atomic E-state index is 0.227. The number of hydrogen-bond donors (Lipinski definition) is 1. The van der Waals surface area contributed by atoms with Crippen molar-refractivity contribution in [2.24, 2.45) is 0 Å². The molecule has 0 saturated carbocycles. The lowest BCUT2D eigenvalue weighted by molar-refractivity contribution is 0.323. The van der Waals surface area contributed by atoms with E-state index in [1.54, 1.807) is 7.11 Å². The number of nitrogens with one attached hydrogen (secondary N) is 1. The van der Waals surface area contributed by atoms with Crippen LogP contribution >= 0.6 is 0 Å². The molecule has 6 nitrogen and oxygen atoms in total. The largest absolute Gasteiger partial charge is 0.497 e. The molecule has 0 radical (unpaired) electrons. The van der Waals surface area contributed by atoms with Gasteiger partial charge in [0, 0.05) is 36.3 Å². The van der Waals surface area contributed by atoms with Gasteiger partial charge in [-0.05, 0) is 36.8 Å². The molecule has 1 aliphatic carbocycles. The molecule has 4 rings (SSSR count). The summed E-state index contributed by atoms with van der Waals surface area (Å²) in [5.41, 5.74) is 5.08. The van der Waals surface area contributed by atoms with E-state index in [2.05, 4.69) is 39.6 Å². The van der Waals surface area contributed by atoms with Crippen LogP contribution in [0.5, 0.6) is 11.5 Å². The van der Waals surface area contributed by atoms with Gasteiger partial charge in [-0.2, -0.15) is 0 Å². The molecule has 3 aromatic rings. The highest BCUT2D eigenvalue weighted by molar-refractivity contribution is 7.88. The summed E-state index contributed by atoms with van der Waals surface area (Å²) in [6.07, 6.45) is 5.57. The van der Waals surface area contributed by atoms with Crippen molar-refractivity contribution in [3.63, 3.8) is 0 Å². The Labute approximate surface area is 177 Å². The van der Waals surface area contributed by atoms with Gasteiger partial charge in [-0.1, -0.05) is 30.3 Å². The Morgan fingerprint density at radius 1 is 1.10 bits per heavy atom. The van der Waals surface area contributed by atoms with Gasteiger partial charge in [-0.15, -0.1) is 0 Å². The summed E-state index contributed by atoms with van der Waals surface area (Å²) in [5.74, 6) is 1.49. The molecule has 0 bridgehead atoms. The molecule has 0 aliphatic heterocycles. The average molecular weight is 429 g/mol. The number of nitrogens with zero attached hydrogens (tertiary/aromatic N) is 1. The molecule has 160 valence electrons. The van der Waals surface area contributed by atoms with Gasteiger partial charge in [0.1, 0.15) is 18.1 Å². The van der Waals surface area contributed by atoms with E-state index in [1.807, 2.05) is 12.1 Å². The Morgan fingerprint density at radius 2 is 1.87 bits per heavy atom. The Morgan fingerprint density at radius 3 is 2.60 bits per heavy atom. The van der Waals surface area contributed by atoms with Gasteiger partial charge in [0.25, 0.3) is 0 Å². The third-order valence-electron chi connectivity index (χ3n) is 5.56. The number of aryl methyl sites for hydroxylation is 1. The smallest absolute Gasteiger partial charge is 0.208 e. The minimum Gasteiger partial charge on any atom is -0.497 e. The fourth-order valence-electron chi connectivity index (χ4n) is 4.26. The Kier molecular flexibility index (Phi) is 6.01. The first-order valence-electron chi connectivity index (χ1n) is 10.3. The van der Waals surface area contributed by atoms with Crippen molar-refractivity contribution in [2.75, 3.05) is 26.5 Å². The number of fused-ring (bicyclic) bond motifs is 3. The number of aromatic nitrogens is 1. The molecule has 0 atom stereocenters. The molecule has 30 heavy (non-hydrogen) atoms. The molecule has 1 N–H and O–H groups in total. The molecule has 0 spiro atoms. The molecular weight excluding hydrogens is 400 g/mol. The predicted octanol–water partition coefficient (Wildman–Crippen LogP) is 3.51. The zero-order valence-electron chi connectivity index (χ0n) is 17.5. The number of benzene rings is 2. The van der Waals surface area contributed by atoms with Gasteiger partial charge in [-0.25, -0.2) is 13.1 Å².